The molecular formula is C25H27IN2O9. The number of aromatic hydroxyl groups is 1. The highest BCUT2D eigenvalue weighted by Gasteiger charge is 2.67. The van der Waals surface area contributed by atoms with E-state index in [1.807, 2.05) is 0 Å². The predicted molar refractivity (Wildman–Crippen MR) is 135 cm³/mol. The number of fused-ring (bicyclic) bond motifs is 3. The van der Waals surface area contributed by atoms with Gasteiger partial charge in [0.15, 0.2) is 23.8 Å². The second-order valence-electron chi connectivity index (χ2n) is 9.63. The molecule has 0 radical (unpaired) electrons. The Morgan fingerprint density at radius 3 is 2.51 bits per heavy atom. The molecule has 198 valence electrons. The summed E-state index contributed by atoms with van der Waals surface area (Å²) >= 11 is 2.05. The third-order valence-electron chi connectivity index (χ3n) is 7.37. The zero-order valence-electron chi connectivity index (χ0n) is 20.4. The van der Waals surface area contributed by atoms with Crippen molar-refractivity contribution >= 4 is 51.8 Å². The van der Waals surface area contributed by atoms with E-state index in [2.05, 4.69) is 22.6 Å². The molecule has 37 heavy (non-hydrogen) atoms. The van der Waals surface area contributed by atoms with E-state index in [0.717, 1.165) is 3.57 Å². The molecule has 1 saturated carbocycles. The number of Topliss-reactive ketones (excluding diaryl/α,β-unsaturated/α-hetero) is 3. The van der Waals surface area contributed by atoms with E-state index in [-0.39, 0.29) is 36.5 Å². The van der Waals surface area contributed by atoms with Gasteiger partial charge in [-0.05, 0) is 80.1 Å². The summed E-state index contributed by atoms with van der Waals surface area (Å²) in [7, 11) is 3.21. The van der Waals surface area contributed by atoms with Gasteiger partial charge in [-0.3, -0.25) is 24.1 Å². The molecular weight excluding hydrogens is 599 g/mol. The summed E-state index contributed by atoms with van der Waals surface area (Å²) in [5.74, 6) is -8.56. The number of esters is 1. The summed E-state index contributed by atoms with van der Waals surface area (Å²) < 4.78 is 11.2. The Labute approximate surface area is 226 Å². The van der Waals surface area contributed by atoms with Gasteiger partial charge in [-0.1, -0.05) is 0 Å². The molecule has 0 spiro atoms. The van der Waals surface area contributed by atoms with Gasteiger partial charge in [-0.2, -0.15) is 0 Å². The van der Waals surface area contributed by atoms with E-state index >= 15 is 0 Å². The predicted octanol–water partition coefficient (Wildman–Crippen LogP) is 0.120. The number of carbonyl (C=O) groups is 5. The van der Waals surface area contributed by atoms with Crippen LogP contribution in [0.15, 0.2) is 23.5 Å². The Kier molecular flexibility index (Phi) is 7.20. The van der Waals surface area contributed by atoms with Crippen molar-refractivity contribution in [1.29, 1.82) is 0 Å². The highest BCUT2D eigenvalue weighted by molar-refractivity contribution is 14.1. The van der Waals surface area contributed by atoms with Crippen molar-refractivity contribution in [2.24, 2.45) is 23.5 Å². The maximum absolute atomic E-state index is 13.9. The van der Waals surface area contributed by atoms with Crippen molar-refractivity contribution in [1.82, 2.24) is 4.90 Å². The number of halogens is 1. The quantitative estimate of drug-likeness (QED) is 0.170. The largest absolute Gasteiger partial charge is 0.507 e. The van der Waals surface area contributed by atoms with Crippen LogP contribution in [0, 0.1) is 21.3 Å². The second kappa shape index (κ2) is 9.80. The van der Waals surface area contributed by atoms with Gasteiger partial charge in [0.2, 0.25) is 5.78 Å². The average molecular weight is 626 g/mol. The molecule has 3 aliphatic carbocycles. The van der Waals surface area contributed by atoms with Gasteiger partial charge in [0.05, 0.1) is 24.1 Å². The SMILES string of the molecule is CCOC(=O)COC1=C(C(N)=O)C(=O)[C@@]2(O)C(=O)C3C(=O)c4c(O)ccc(I)c4C[C@H]3C[C@H]2[C@@H]1N(C)C. The molecule has 11 nitrogen and oxygen atoms in total. The van der Waals surface area contributed by atoms with Crippen LogP contribution in [0.2, 0.25) is 0 Å². The highest BCUT2D eigenvalue weighted by atomic mass is 127. The number of nitrogens with zero attached hydrogens (tertiary/aromatic N) is 1. The van der Waals surface area contributed by atoms with Gasteiger partial charge in [-0.25, -0.2) is 4.79 Å². The molecule has 12 heteroatoms. The molecule has 0 heterocycles. The van der Waals surface area contributed by atoms with E-state index in [1.54, 1.807) is 32.0 Å². The Morgan fingerprint density at radius 1 is 1.24 bits per heavy atom. The lowest BCUT2D eigenvalue weighted by Gasteiger charge is -2.52. The second-order valence-corrected chi connectivity index (χ2v) is 10.8. The van der Waals surface area contributed by atoms with Gasteiger partial charge >= 0.3 is 5.97 Å². The minimum Gasteiger partial charge on any atom is -0.507 e. The molecule has 0 aliphatic heterocycles. The van der Waals surface area contributed by atoms with Crippen LogP contribution in [-0.4, -0.2) is 83.3 Å². The minimum absolute atomic E-state index is 0.0000868. The zero-order valence-corrected chi connectivity index (χ0v) is 22.6. The zero-order chi connectivity index (χ0) is 27.4. The third kappa shape index (κ3) is 4.14. The lowest BCUT2D eigenvalue weighted by molar-refractivity contribution is -0.171. The fourth-order valence-corrected chi connectivity index (χ4v) is 6.57. The monoisotopic (exact) mass is 626 g/mol. The number of nitrogens with two attached hydrogens (primary N) is 1. The number of rotatable bonds is 6. The van der Waals surface area contributed by atoms with E-state index in [4.69, 9.17) is 15.2 Å². The summed E-state index contributed by atoms with van der Waals surface area (Å²) in [6, 6.07) is 2.03. The Balaban J connectivity index is 1.85. The number of phenols is 1. The van der Waals surface area contributed by atoms with Gasteiger partial charge in [-0.15, -0.1) is 0 Å². The van der Waals surface area contributed by atoms with Crippen LogP contribution in [0.5, 0.6) is 5.75 Å². The summed E-state index contributed by atoms with van der Waals surface area (Å²) in [5.41, 5.74) is 2.63. The Bertz CT molecular complexity index is 1260. The summed E-state index contributed by atoms with van der Waals surface area (Å²) in [6.45, 7) is 1.07. The standard InChI is InChI=1S/C25H27IN2O9/c1-4-36-15(30)9-37-21-18(24(27)34)23(33)25(35)12(19(21)28(2)3)8-10-7-11-13(26)5-6-14(29)17(11)20(31)16(10)22(25)32/h5-6,10,12,16,19,29,35H,4,7-9H2,1-3H3,(H2,27,34)/t10-,12-,16?,19-,25-/m0/s1. The number of ketones is 3. The van der Waals surface area contributed by atoms with Crippen LogP contribution in [0.25, 0.3) is 0 Å². The van der Waals surface area contributed by atoms with Gasteiger partial charge in [0.1, 0.15) is 17.1 Å². The molecule has 0 saturated heterocycles. The molecule has 1 aromatic rings. The first-order valence-electron chi connectivity index (χ1n) is 11.7. The van der Waals surface area contributed by atoms with Gasteiger partial charge in [0, 0.05) is 9.49 Å². The van der Waals surface area contributed by atoms with Crippen molar-refractivity contribution in [2.75, 3.05) is 27.3 Å². The number of hydrogen-bond donors (Lipinski definition) is 3. The molecule has 1 fully saturated rings. The normalized spacial score (nSPS) is 29.0. The molecule has 3 aliphatic rings. The van der Waals surface area contributed by atoms with E-state index in [0.29, 0.717) is 5.56 Å². The van der Waals surface area contributed by atoms with Crippen LogP contribution in [0.3, 0.4) is 0 Å². The molecule has 0 aromatic heterocycles. The highest BCUT2D eigenvalue weighted by Crippen LogP contribution is 2.52. The lowest BCUT2D eigenvalue weighted by atomic mass is 9.54. The van der Waals surface area contributed by atoms with Gasteiger partial charge in [0.25, 0.3) is 5.91 Å². The molecule has 1 aromatic carbocycles. The number of likely N-dealkylation sites (N-methyl/N-ethyl adjacent to an activating group) is 1. The summed E-state index contributed by atoms with van der Waals surface area (Å²) in [5, 5.41) is 22.1. The third-order valence-corrected chi connectivity index (χ3v) is 8.39. The molecule has 4 N–H and O–H groups in total. The number of ether oxygens (including phenoxy) is 2. The maximum Gasteiger partial charge on any atom is 0.344 e. The topological polar surface area (TPSA) is 174 Å². The van der Waals surface area contributed by atoms with Crippen LogP contribution in [-0.2, 0) is 35.1 Å². The molecule has 1 unspecified atom stereocenters. The first kappa shape index (κ1) is 27.2. The number of aliphatic hydroxyl groups is 1. The number of hydrogen-bond acceptors (Lipinski definition) is 10. The van der Waals surface area contributed by atoms with Crippen LogP contribution in [0.4, 0.5) is 0 Å². The summed E-state index contributed by atoms with van der Waals surface area (Å²) in [4.78, 5) is 66.9. The Hall–Kier alpha value is -2.84. The van der Waals surface area contributed by atoms with Crippen molar-refractivity contribution in [3.8, 4) is 5.75 Å². The minimum atomic E-state index is -2.73. The summed E-state index contributed by atoms with van der Waals surface area (Å²) in [6.07, 6.45) is 0.313. The smallest absolute Gasteiger partial charge is 0.344 e. The van der Waals surface area contributed by atoms with Crippen molar-refractivity contribution in [3.63, 3.8) is 0 Å². The average Bonchev–Trinajstić information content (AvgIpc) is 2.81. The van der Waals surface area contributed by atoms with Crippen LogP contribution < -0.4 is 5.73 Å². The number of primary amides is 1. The number of benzene rings is 1. The maximum atomic E-state index is 13.9. The lowest BCUT2D eigenvalue weighted by Crippen LogP contribution is -2.69. The van der Waals surface area contributed by atoms with Gasteiger partial charge < -0.3 is 25.4 Å². The number of carbonyl (C=O) groups excluding carboxylic acids is 5. The fourth-order valence-electron chi connectivity index (χ4n) is 5.90. The molecule has 5 atom stereocenters. The molecule has 1 amide bonds. The Morgan fingerprint density at radius 2 is 1.92 bits per heavy atom. The molecule has 4 rings (SSSR count). The van der Waals surface area contributed by atoms with Crippen LogP contribution in [0.1, 0.15) is 29.3 Å². The first-order valence-corrected chi connectivity index (χ1v) is 12.8. The van der Waals surface area contributed by atoms with Crippen molar-refractivity contribution in [2.45, 2.75) is 31.4 Å². The van der Waals surface area contributed by atoms with E-state index < -0.39 is 70.8 Å². The molecule has 0 bridgehead atoms. The van der Waals surface area contributed by atoms with E-state index in [9.17, 15) is 34.2 Å². The van der Waals surface area contributed by atoms with Crippen molar-refractivity contribution in [3.05, 3.63) is 38.2 Å². The van der Waals surface area contributed by atoms with E-state index in [1.165, 1.54) is 6.07 Å². The number of phenolic OH excluding ortho intramolecular Hbond substituents is 1. The first-order chi connectivity index (χ1) is 17.4. The van der Waals surface area contributed by atoms with Crippen LogP contribution >= 0.6 is 22.6 Å². The van der Waals surface area contributed by atoms with Crippen molar-refractivity contribution < 1.29 is 43.7 Å². The number of amides is 1. The fraction of sp³-hybridized carbons (Fsp3) is 0.480.